The molecule has 0 radical (unpaired) electrons. The second kappa shape index (κ2) is 7.33. The van der Waals surface area contributed by atoms with Gasteiger partial charge in [0.1, 0.15) is 0 Å². The van der Waals surface area contributed by atoms with E-state index in [1.807, 2.05) is 13.8 Å². The van der Waals surface area contributed by atoms with Crippen molar-refractivity contribution >= 4 is 11.7 Å². The summed E-state index contributed by atoms with van der Waals surface area (Å²) in [6.45, 7) is 5.84. The summed E-state index contributed by atoms with van der Waals surface area (Å²) in [5.41, 5.74) is -0.109. The summed E-state index contributed by atoms with van der Waals surface area (Å²) in [5.74, 6) is -5.52. The topological polar surface area (TPSA) is 40.5 Å². The first-order valence-electron chi connectivity index (χ1n) is 6.85. The summed E-state index contributed by atoms with van der Waals surface area (Å²) in [5, 5.41) is 8.97. The van der Waals surface area contributed by atoms with E-state index in [-0.39, 0.29) is 12.2 Å². The molecule has 0 bridgehead atoms. The predicted octanol–water partition coefficient (Wildman–Crippen LogP) is 3.68. The van der Waals surface area contributed by atoms with Crippen LogP contribution < -0.4 is 4.90 Å². The van der Waals surface area contributed by atoms with Crippen LogP contribution in [0.3, 0.4) is 0 Å². The fourth-order valence-electron chi connectivity index (χ4n) is 1.89. The number of nitrogens with zero attached hydrogens (tertiary/aromatic N) is 1. The zero-order valence-corrected chi connectivity index (χ0v) is 12.4. The van der Waals surface area contributed by atoms with Gasteiger partial charge in [0.25, 0.3) is 0 Å². The maximum Gasteiger partial charge on any atom is 0.308 e. The smallest absolute Gasteiger partial charge is 0.308 e. The number of carboxylic acids is 1. The fourth-order valence-corrected chi connectivity index (χ4v) is 1.89. The Kier molecular flexibility index (Phi) is 6.05. The normalized spacial score (nSPS) is 12.5. The zero-order chi connectivity index (χ0) is 16.2. The van der Waals surface area contributed by atoms with E-state index >= 15 is 0 Å². The molecule has 0 aromatic heterocycles. The standard InChI is InChI=1S/C15H20F3NO2/c1-9(2)6-7-19(8-10(3)15(20)21)12-5-4-11(16)13(17)14(12)18/h4-5,9-10H,6-8H2,1-3H3,(H,20,21). The van der Waals surface area contributed by atoms with Gasteiger partial charge in [0.2, 0.25) is 0 Å². The molecule has 0 amide bonds. The molecule has 1 rings (SSSR count). The Morgan fingerprint density at radius 1 is 1.19 bits per heavy atom. The van der Waals surface area contributed by atoms with E-state index in [2.05, 4.69) is 0 Å². The molecule has 0 saturated carbocycles. The van der Waals surface area contributed by atoms with Crippen molar-refractivity contribution in [2.75, 3.05) is 18.0 Å². The lowest BCUT2D eigenvalue weighted by Gasteiger charge is -2.28. The van der Waals surface area contributed by atoms with Crippen LogP contribution in [0, 0.1) is 29.3 Å². The highest BCUT2D eigenvalue weighted by molar-refractivity contribution is 5.70. The number of carboxylic acid groups (broad SMARTS) is 1. The van der Waals surface area contributed by atoms with Gasteiger partial charge in [-0.1, -0.05) is 20.8 Å². The predicted molar refractivity (Wildman–Crippen MR) is 74.8 cm³/mol. The maximum absolute atomic E-state index is 13.9. The van der Waals surface area contributed by atoms with E-state index in [0.717, 1.165) is 12.1 Å². The van der Waals surface area contributed by atoms with Gasteiger partial charge in [-0.05, 0) is 24.5 Å². The summed E-state index contributed by atoms with van der Waals surface area (Å²) in [4.78, 5) is 12.4. The summed E-state index contributed by atoms with van der Waals surface area (Å²) in [6.07, 6.45) is 0.685. The van der Waals surface area contributed by atoms with Crippen molar-refractivity contribution in [2.45, 2.75) is 27.2 Å². The molecule has 118 valence electrons. The zero-order valence-electron chi connectivity index (χ0n) is 12.4. The molecule has 0 aliphatic heterocycles. The number of hydrogen-bond donors (Lipinski definition) is 1. The largest absolute Gasteiger partial charge is 0.481 e. The molecule has 0 heterocycles. The summed E-state index contributed by atoms with van der Waals surface area (Å²) in [7, 11) is 0. The van der Waals surface area contributed by atoms with Gasteiger partial charge in [-0.3, -0.25) is 4.79 Å². The highest BCUT2D eigenvalue weighted by atomic mass is 19.2. The molecule has 3 nitrogen and oxygen atoms in total. The number of anilines is 1. The average Bonchev–Trinajstić information content (AvgIpc) is 2.41. The van der Waals surface area contributed by atoms with Gasteiger partial charge in [-0.2, -0.15) is 0 Å². The number of aliphatic carboxylic acids is 1. The van der Waals surface area contributed by atoms with Crippen molar-refractivity contribution in [1.82, 2.24) is 0 Å². The Morgan fingerprint density at radius 3 is 2.33 bits per heavy atom. The molecule has 1 atom stereocenters. The van der Waals surface area contributed by atoms with Gasteiger partial charge >= 0.3 is 5.97 Å². The van der Waals surface area contributed by atoms with Crippen LogP contribution in [0.2, 0.25) is 0 Å². The van der Waals surface area contributed by atoms with Crippen LogP contribution in [0.25, 0.3) is 0 Å². The molecular weight excluding hydrogens is 283 g/mol. The van der Waals surface area contributed by atoms with Gasteiger partial charge in [0.05, 0.1) is 11.6 Å². The van der Waals surface area contributed by atoms with E-state index < -0.39 is 29.3 Å². The molecule has 0 fully saturated rings. The molecule has 6 heteroatoms. The molecule has 1 unspecified atom stereocenters. The minimum atomic E-state index is -1.54. The molecule has 0 aliphatic carbocycles. The van der Waals surface area contributed by atoms with Crippen LogP contribution >= 0.6 is 0 Å². The summed E-state index contributed by atoms with van der Waals surface area (Å²) < 4.78 is 40.2. The lowest BCUT2D eigenvalue weighted by molar-refractivity contribution is -0.140. The first-order chi connectivity index (χ1) is 9.73. The number of benzene rings is 1. The van der Waals surface area contributed by atoms with E-state index in [1.54, 1.807) is 0 Å². The third-order valence-electron chi connectivity index (χ3n) is 3.25. The highest BCUT2D eigenvalue weighted by Crippen LogP contribution is 2.25. The van der Waals surface area contributed by atoms with E-state index in [0.29, 0.717) is 18.9 Å². The van der Waals surface area contributed by atoms with Gasteiger partial charge < -0.3 is 10.0 Å². The van der Waals surface area contributed by atoms with Crippen molar-refractivity contribution in [3.8, 4) is 0 Å². The molecule has 21 heavy (non-hydrogen) atoms. The van der Waals surface area contributed by atoms with E-state index in [4.69, 9.17) is 5.11 Å². The first-order valence-corrected chi connectivity index (χ1v) is 6.85. The molecule has 0 saturated heterocycles. The van der Waals surface area contributed by atoms with Crippen molar-refractivity contribution in [3.63, 3.8) is 0 Å². The van der Waals surface area contributed by atoms with Crippen LogP contribution in [0.5, 0.6) is 0 Å². The molecule has 0 spiro atoms. The van der Waals surface area contributed by atoms with Crippen LogP contribution in [-0.4, -0.2) is 24.2 Å². The summed E-state index contributed by atoms with van der Waals surface area (Å²) in [6, 6.07) is 1.99. The lowest BCUT2D eigenvalue weighted by atomic mass is 10.1. The summed E-state index contributed by atoms with van der Waals surface area (Å²) >= 11 is 0. The number of rotatable bonds is 7. The molecule has 1 aromatic rings. The van der Waals surface area contributed by atoms with Crippen molar-refractivity contribution in [1.29, 1.82) is 0 Å². The maximum atomic E-state index is 13.9. The van der Waals surface area contributed by atoms with Crippen LogP contribution in [0.1, 0.15) is 27.2 Å². The fraction of sp³-hybridized carbons (Fsp3) is 0.533. The Labute approximate surface area is 122 Å². The van der Waals surface area contributed by atoms with Gasteiger partial charge in [0, 0.05) is 13.1 Å². The Hall–Kier alpha value is -1.72. The Bertz CT molecular complexity index is 506. The Balaban J connectivity index is 3.05. The first kappa shape index (κ1) is 17.3. The van der Waals surface area contributed by atoms with Crippen LogP contribution in [-0.2, 0) is 4.79 Å². The molecule has 0 aliphatic rings. The number of carbonyl (C=O) groups is 1. The van der Waals surface area contributed by atoms with Crippen molar-refractivity contribution in [3.05, 3.63) is 29.6 Å². The van der Waals surface area contributed by atoms with E-state index in [1.165, 1.54) is 11.8 Å². The average molecular weight is 303 g/mol. The molecular formula is C15H20F3NO2. The number of hydrogen-bond acceptors (Lipinski definition) is 2. The van der Waals surface area contributed by atoms with Crippen LogP contribution in [0.4, 0.5) is 18.9 Å². The monoisotopic (exact) mass is 303 g/mol. The Morgan fingerprint density at radius 2 is 1.81 bits per heavy atom. The SMILES string of the molecule is CC(C)CCN(CC(C)C(=O)O)c1ccc(F)c(F)c1F. The third-order valence-corrected chi connectivity index (χ3v) is 3.25. The minimum absolute atomic E-state index is 0.0318. The second-order valence-electron chi connectivity index (χ2n) is 5.56. The van der Waals surface area contributed by atoms with Crippen molar-refractivity contribution in [2.24, 2.45) is 11.8 Å². The third kappa shape index (κ3) is 4.65. The molecule has 1 N–H and O–H groups in total. The van der Waals surface area contributed by atoms with Gasteiger partial charge in [0.15, 0.2) is 17.5 Å². The van der Waals surface area contributed by atoms with Crippen LogP contribution in [0.15, 0.2) is 12.1 Å². The quantitative estimate of drug-likeness (QED) is 0.781. The van der Waals surface area contributed by atoms with Gasteiger partial charge in [-0.15, -0.1) is 0 Å². The van der Waals surface area contributed by atoms with Crippen molar-refractivity contribution < 1.29 is 23.1 Å². The van der Waals surface area contributed by atoms with E-state index in [9.17, 15) is 18.0 Å². The van der Waals surface area contributed by atoms with Gasteiger partial charge in [-0.25, -0.2) is 13.2 Å². The minimum Gasteiger partial charge on any atom is -0.481 e. The highest BCUT2D eigenvalue weighted by Gasteiger charge is 2.22. The second-order valence-corrected chi connectivity index (χ2v) is 5.56. The number of halogens is 3. The lowest BCUT2D eigenvalue weighted by Crippen LogP contribution is -2.34. The molecule has 1 aromatic carbocycles.